The fourth-order valence-corrected chi connectivity index (χ4v) is 1.65. The van der Waals surface area contributed by atoms with Crippen LogP contribution in [0.1, 0.15) is 43.4 Å². The smallest absolute Gasteiger partial charge is 0.360 e. The van der Waals surface area contributed by atoms with Gasteiger partial charge in [-0.3, -0.25) is 0 Å². The molecule has 0 radical (unpaired) electrons. The van der Waals surface area contributed by atoms with Crippen molar-refractivity contribution in [2.45, 2.75) is 45.2 Å². The van der Waals surface area contributed by atoms with Gasteiger partial charge in [0.15, 0.2) is 5.69 Å². The van der Waals surface area contributed by atoms with Gasteiger partial charge in [-0.15, -0.1) is 16.7 Å². The third kappa shape index (κ3) is 3.96. The first-order valence-corrected chi connectivity index (χ1v) is 6.30. The van der Waals surface area contributed by atoms with Crippen molar-refractivity contribution < 1.29 is 14.6 Å². The van der Waals surface area contributed by atoms with Gasteiger partial charge in [0.1, 0.15) is 0 Å². The van der Waals surface area contributed by atoms with Crippen LogP contribution in [-0.4, -0.2) is 38.3 Å². The van der Waals surface area contributed by atoms with E-state index in [0.29, 0.717) is 18.7 Å². The van der Waals surface area contributed by atoms with Crippen LogP contribution in [0.25, 0.3) is 0 Å². The largest absolute Gasteiger partial charge is 0.461 e. The highest BCUT2D eigenvalue weighted by Gasteiger charge is 2.21. The number of ether oxygens (including phenoxy) is 1. The number of aryl methyl sites for hydroxylation is 1. The van der Waals surface area contributed by atoms with Crippen molar-refractivity contribution in [3.63, 3.8) is 0 Å². The van der Waals surface area contributed by atoms with E-state index >= 15 is 0 Å². The molecule has 0 spiro atoms. The summed E-state index contributed by atoms with van der Waals surface area (Å²) in [5.41, 5.74) is -0.151. The van der Waals surface area contributed by atoms with Crippen molar-refractivity contribution in [1.82, 2.24) is 15.0 Å². The first kappa shape index (κ1) is 14.9. The lowest BCUT2D eigenvalue weighted by Gasteiger charge is -2.16. The third-order valence-corrected chi connectivity index (χ3v) is 2.62. The molecule has 0 aliphatic carbocycles. The molecule has 0 fully saturated rings. The number of carbonyl (C=O) groups excluding carboxylic acids is 1. The second-order valence-electron chi connectivity index (χ2n) is 4.52. The molecule has 0 amide bonds. The van der Waals surface area contributed by atoms with Gasteiger partial charge in [-0.25, -0.2) is 9.48 Å². The normalized spacial score (nSPS) is 11.6. The van der Waals surface area contributed by atoms with Crippen molar-refractivity contribution in [1.29, 1.82) is 0 Å². The van der Waals surface area contributed by atoms with Crippen LogP contribution in [0.15, 0.2) is 0 Å². The maximum absolute atomic E-state index is 11.6. The van der Waals surface area contributed by atoms with Gasteiger partial charge in [-0.1, -0.05) is 5.21 Å². The zero-order valence-corrected chi connectivity index (χ0v) is 11.6. The average Bonchev–Trinajstić information content (AvgIpc) is 2.68. The van der Waals surface area contributed by atoms with E-state index in [2.05, 4.69) is 10.3 Å². The van der Waals surface area contributed by atoms with Crippen molar-refractivity contribution in [3.05, 3.63) is 11.4 Å². The Hall–Kier alpha value is -1.14. The second-order valence-corrected chi connectivity index (χ2v) is 4.79. The number of rotatable bonds is 6. The molecule has 1 N–H and O–H groups in total. The molecule has 6 nitrogen and oxygen atoms in total. The summed E-state index contributed by atoms with van der Waals surface area (Å²) >= 11 is 5.80. The Balaban J connectivity index is 2.85. The molecule has 0 aliphatic heterocycles. The lowest BCUT2D eigenvalue weighted by molar-refractivity contribution is 0.0518. The van der Waals surface area contributed by atoms with Crippen LogP contribution in [0.5, 0.6) is 0 Å². The quantitative estimate of drug-likeness (QED) is 0.626. The first-order chi connectivity index (χ1) is 8.39. The molecule has 0 aromatic carbocycles. The number of nitrogens with zero attached hydrogens (tertiary/aromatic N) is 3. The van der Waals surface area contributed by atoms with Crippen molar-refractivity contribution in [3.8, 4) is 0 Å². The van der Waals surface area contributed by atoms with Gasteiger partial charge >= 0.3 is 5.97 Å². The van der Waals surface area contributed by atoms with Gasteiger partial charge in [0.25, 0.3) is 0 Å². The van der Waals surface area contributed by atoms with Crippen LogP contribution in [0.2, 0.25) is 0 Å². The topological polar surface area (TPSA) is 77.2 Å². The number of halogens is 1. The summed E-state index contributed by atoms with van der Waals surface area (Å²) in [7, 11) is 0. The van der Waals surface area contributed by atoms with Crippen molar-refractivity contribution in [2.75, 3.05) is 6.61 Å². The number of aromatic nitrogens is 3. The van der Waals surface area contributed by atoms with E-state index < -0.39 is 11.6 Å². The highest BCUT2D eigenvalue weighted by atomic mass is 35.5. The number of hydrogen-bond donors (Lipinski definition) is 1. The summed E-state index contributed by atoms with van der Waals surface area (Å²) in [6.07, 6.45) is 0.489. The lowest BCUT2D eigenvalue weighted by atomic mass is 10.1. The number of esters is 1. The minimum absolute atomic E-state index is 0.118. The van der Waals surface area contributed by atoms with Crippen LogP contribution >= 0.6 is 11.6 Å². The van der Waals surface area contributed by atoms with Crippen LogP contribution in [0.4, 0.5) is 0 Å². The molecule has 18 heavy (non-hydrogen) atoms. The van der Waals surface area contributed by atoms with Crippen LogP contribution in [-0.2, 0) is 17.2 Å². The number of alkyl halides is 1. The van der Waals surface area contributed by atoms with Crippen molar-refractivity contribution in [2.24, 2.45) is 0 Å². The lowest BCUT2D eigenvalue weighted by Crippen LogP contribution is -2.22. The predicted molar refractivity (Wildman–Crippen MR) is 66.5 cm³/mol. The predicted octanol–water partition coefficient (Wildman–Crippen LogP) is 1.35. The monoisotopic (exact) mass is 275 g/mol. The average molecular weight is 276 g/mol. The molecule has 0 saturated carbocycles. The minimum atomic E-state index is -0.806. The van der Waals surface area contributed by atoms with E-state index in [4.69, 9.17) is 16.3 Å². The summed E-state index contributed by atoms with van der Waals surface area (Å²) in [6.45, 7) is 5.85. The van der Waals surface area contributed by atoms with Crippen LogP contribution in [0.3, 0.4) is 0 Å². The first-order valence-electron chi connectivity index (χ1n) is 5.77. The molecule has 0 aliphatic rings. The Labute approximate surface area is 111 Å². The Kier molecular flexibility index (Phi) is 5.10. The number of hydrogen-bond acceptors (Lipinski definition) is 5. The van der Waals surface area contributed by atoms with Gasteiger partial charge in [-0.2, -0.15) is 0 Å². The number of carbonyl (C=O) groups is 1. The summed E-state index contributed by atoms with van der Waals surface area (Å²) in [4.78, 5) is 11.6. The highest BCUT2D eigenvalue weighted by Crippen LogP contribution is 2.14. The van der Waals surface area contributed by atoms with E-state index in [-0.39, 0.29) is 18.2 Å². The summed E-state index contributed by atoms with van der Waals surface area (Å²) in [5, 5.41) is 17.3. The summed E-state index contributed by atoms with van der Waals surface area (Å²) in [5.74, 6) is -0.407. The highest BCUT2D eigenvalue weighted by molar-refractivity contribution is 6.17. The Morgan fingerprint density at radius 1 is 1.56 bits per heavy atom. The zero-order valence-electron chi connectivity index (χ0n) is 10.8. The molecule has 1 aromatic heterocycles. The molecular weight excluding hydrogens is 258 g/mol. The molecule has 0 bridgehead atoms. The van der Waals surface area contributed by atoms with Gasteiger partial charge in [0, 0.05) is 6.54 Å². The molecule has 0 atom stereocenters. The van der Waals surface area contributed by atoms with Crippen molar-refractivity contribution >= 4 is 17.6 Å². The zero-order chi connectivity index (χ0) is 13.8. The molecule has 0 unspecified atom stereocenters. The van der Waals surface area contributed by atoms with E-state index in [9.17, 15) is 9.90 Å². The fourth-order valence-electron chi connectivity index (χ4n) is 1.38. The van der Waals surface area contributed by atoms with Gasteiger partial charge < -0.3 is 9.84 Å². The Bertz CT molecular complexity index is 412. The Morgan fingerprint density at radius 2 is 2.22 bits per heavy atom. The summed E-state index contributed by atoms with van der Waals surface area (Å²) in [6, 6.07) is 0. The van der Waals surface area contributed by atoms with Gasteiger partial charge in [0.05, 0.1) is 23.8 Å². The maximum atomic E-state index is 11.6. The van der Waals surface area contributed by atoms with Gasteiger partial charge in [0.2, 0.25) is 0 Å². The third-order valence-electron chi connectivity index (χ3n) is 2.37. The standard InChI is InChI=1S/C11H18ClN3O3/c1-4-18-10(16)9-8(7-12)15(14-13-9)6-5-11(2,3)17/h17H,4-7H2,1-3H3. The minimum Gasteiger partial charge on any atom is -0.461 e. The van der Waals surface area contributed by atoms with E-state index in [1.807, 2.05) is 0 Å². The van der Waals surface area contributed by atoms with E-state index in [1.165, 1.54) is 4.68 Å². The molecule has 1 rings (SSSR count). The fraction of sp³-hybridized carbons (Fsp3) is 0.727. The van der Waals surface area contributed by atoms with E-state index in [1.54, 1.807) is 20.8 Å². The maximum Gasteiger partial charge on any atom is 0.360 e. The summed E-state index contributed by atoms with van der Waals surface area (Å²) < 4.78 is 6.39. The molecule has 1 aromatic rings. The molecule has 0 saturated heterocycles. The Morgan fingerprint density at radius 3 is 2.72 bits per heavy atom. The molecule has 102 valence electrons. The van der Waals surface area contributed by atoms with Crippen LogP contribution in [0, 0.1) is 0 Å². The molecule has 1 heterocycles. The van der Waals surface area contributed by atoms with Crippen LogP contribution < -0.4 is 0 Å². The molecular formula is C11H18ClN3O3. The SMILES string of the molecule is CCOC(=O)c1nnn(CCC(C)(C)O)c1CCl. The van der Waals surface area contributed by atoms with E-state index in [0.717, 1.165) is 0 Å². The number of aliphatic hydroxyl groups is 1. The van der Waals surface area contributed by atoms with Gasteiger partial charge in [-0.05, 0) is 27.2 Å². The molecule has 7 heteroatoms. The second kappa shape index (κ2) is 6.15.